The van der Waals surface area contributed by atoms with Crippen LogP contribution in [0.4, 0.5) is 0 Å². The second-order valence-electron chi connectivity index (χ2n) is 3.85. The Kier molecular flexibility index (Phi) is 3.88. The molecule has 0 aliphatic carbocycles. The fourth-order valence-electron chi connectivity index (χ4n) is 1.53. The van der Waals surface area contributed by atoms with Crippen molar-refractivity contribution >= 4 is 5.97 Å². The zero-order chi connectivity index (χ0) is 11.4. The molecule has 4 heteroatoms. The topological polar surface area (TPSA) is 44.1 Å². The first-order chi connectivity index (χ1) is 7.04. The van der Waals surface area contributed by atoms with E-state index in [1.54, 1.807) is 11.6 Å². The molecule has 0 N–H and O–H groups in total. The molecule has 1 aromatic heterocycles. The molecule has 1 heterocycles. The van der Waals surface area contributed by atoms with Gasteiger partial charge in [-0.15, -0.1) is 0 Å². The molecule has 0 amide bonds. The van der Waals surface area contributed by atoms with Gasteiger partial charge in [0.1, 0.15) is 6.54 Å². The van der Waals surface area contributed by atoms with E-state index in [-0.39, 0.29) is 12.5 Å². The highest BCUT2D eigenvalue weighted by Gasteiger charge is 2.11. The Morgan fingerprint density at radius 2 is 2.27 bits per heavy atom. The van der Waals surface area contributed by atoms with Crippen LogP contribution in [0.2, 0.25) is 0 Å². The van der Waals surface area contributed by atoms with Gasteiger partial charge in [-0.1, -0.05) is 13.8 Å². The van der Waals surface area contributed by atoms with Crippen LogP contribution in [0.5, 0.6) is 0 Å². The van der Waals surface area contributed by atoms with Crippen molar-refractivity contribution in [3.8, 4) is 0 Å². The van der Waals surface area contributed by atoms with Gasteiger partial charge in [0.2, 0.25) is 0 Å². The van der Waals surface area contributed by atoms with Crippen molar-refractivity contribution < 1.29 is 9.53 Å². The van der Waals surface area contributed by atoms with Gasteiger partial charge >= 0.3 is 5.97 Å². The van der Waals surface area contributed by atoms with E-state index in [1.165, 1.54) is 0 Å². The van der Waals surface area contributed by atoms with Crippen LogP contribution < -0.4 is 0 Å². The minimum absolute atomic E-state index is 0.196. The van der Waals surface area contributed by atoms with E-state index in [2.05, 4.69) is 18.9 Å². The molecule has 0 radical (unpaired) electrons. The zero-order valence-electron chi connectivity index (χ0n) is 9.78. The van der Waals surface area contributed by atoms with Crippen molar-refractivity contribution in [2.24, 2.45) is 0 Å². The van der Waals surface area contributed by atoms with E-state index >= 15 is 0 Å². The monoisotopic (exact) mass is 210 g/mol. The first-order valence-corrected chi connectivity index (χ1v) is 5.24. The highest BCUT2D eigenvalue weighted by atomic mass is 16.5. The minimum atomic E-state index is -0.240. The van der Waals surface area contributed by atoms with Crippen LogP contribution >= 0.6 is 0 Å². The molecule has 0 atom stereocenters. The summed E-state index contributed by atoms with van der Waals surface area (Å²) in [5.74, 6) is 0.142. The Hall–Kier alpha value is -1.32. The molecule has 0 spiro atoms. The first kappa shape index (κ1) is 11.8. The lowest BCUT2D eigenvalue weighted by Gasteiger charge is -2.02. The van der Waals surface area contributed by atoms with Gasteiger partial charge in [-0.25, -0.2) is 0 Å². The summed E-state index contributed by atoms with van der Waals surface area (Å²) in [7, 11) is 0. The number of aromatic nitrogens is 2. The summed E-state index contributed by atoms with van der Waals surface area (Å²) in [6.45, 7) is 8.58. The standard InChI is InChI=1S/C11H18N2O2/c1-5-15-10(14)7-13-6-9(4)11(12-13)8(2)3/h6,8H,5,7H2,1-4H3. The van der Waals surface area contributed by atoms with Crippen molar-refractivity contribution in [3.05, 3.63) is 17.5 Å². The summed E-state index contributed by atoms with van der Waals surface area (Å²) in [4.78, 5) is 11.2. The largest absolute Gasteiger partial charge is 0.465 e. The molecular formula is C11H18N2O2. The van der Waals surface area contributed by atoms with E-state index < -0.39 is 0 Å². The molecule has 0 unspecified atom stereocenters. The lowest BCUT2D eigenvalue weighted by molar-refractivity contribution is -0.144. The molecule has 0 saturated heterocycles. The number of carbonyl (C=O) groups excluding carboxylic acids is 1. The van der Waals surface area contributed by atoms with E-state index in [0.29, 0.717) is 12.5 Å². The van der Waals surface area contributed by atoms with Crippen LogP contribution in [0.15, 0.2) is 6.20 Å². The highest BCUT2D eigenvalue weighted by molar-refractivity contribution is 5.69. The van der Waals surface area contributed by atoms with Gasteiger partial charge < -0.3 is 4.74 Å². The van der Waals surface area contributed by atoms with Crippen LogP contribution in [0.3, 0.4) is 0 Å². The molecule has 15 heavy (non-hydrogen) atoms. The van der Waals surface area contributed by atoms with E-state index in [4.69, 9.17) is 4.74 Å². The van der Waals surface area contributed by atoms with Gasteiger partial charge in [0.25, 0.3) is 0 Å². The fourth-order valence-corrected chi connectivity index (χ4v) is 1.53. The van der Waals surface area contributed by atoms with Crippen molar-refractivity contribution in [3.63, 3.8) is 0 Å². The predicted octanol–water partition coefficient (Wildman–Crippen LogP) is 1.88. The number of ether oxygens (including phenoxy) is 1. The lowest BCUT2D eigenvalue weighted by atomic mass is 10.1. The van der Waals surface area contributed by atoms with Crippen LogP contribution in [-0.4, -0.2) is 22.4 Å². The lowest BCUT2D eigenvalue weighted by Crippen LogP contribution is -2.14. The van der Waals surface area contributed by atoms with Gasteiger partial charge in [-0.05, 0) is 25.3 Å². The summed E-state index contributed by atoms with van der Waals surface area (Å²) in [5, 5.41) is 4.35. The molecule has 1 rings (SSSR count). The van der Waals surface area contributed by atoms with Crippen molar-refractivity contribution in [1.29, 1.82) is 0 Å². The maximum absolute atomic E-state index is 11.2. The predicted molar refractivity (Wildman–Crippen MR) is 57.7 cm³/mol. The summed E-state index contributed by atoms with van der Waals surface area (Å²) >= 11 is 0. The fraction of sp³-hybridized carbons (Fsp3) is 0.636. The van der Waals surface area contributed by atoms with E-state index in [9.17, 15) is 4.79 Å². The summed E-state index contributed by atoms with van der Waals surface area (Å²) in [6, 6.07) is 0. The third kappa shape index (κ3) is 3.08. The molecule has 4 nitrogen and oxygen atoms in total. The molecule has 1 aromatic rings. The van der Waals surface area contributed by atoms with Gasteiger partial charge in [0, 0.05) is 6.20 Å². The van der Waals surface area contributed by atoms with Crippen molar-refractivity contribution in [2.75, 3.05) is 6.61 Å². The van der Waals surface area contributed by atoms with E-state index in [0.717, 1.165) is 11.3 Å². The average molecular weight is 210 g/mol. The molecule has 84 valence electrons. The second kappa shape index (κ2) is 4.96. The Morgan fingerprint density at radius 1 is 1.60 bits per heavy atom. The smallest absolute Gasteiger partial charge is 0.327 e. The van der Waals surface area contributed by atoms with Gasteiger partial charge in [-0.3, -0.25) is 9.48 Å². The normalized spacial score (nSPS) is 10.7. The summed E-state index contributed by atoms with van der Waals surface area (Å²) in [5.41, 5.74) is 2.16. The highest BCUT2D eigenvalue weighted by Crippen LogP contribution is 2.16. The Balaban J connectivity index is 2.71. The Morgan fingerprint density at radius 3 is 2.73 bits per heavy atom. The van der Waals surface area contributed by atoms with Crippen LogP contribution in [0, 0.1) is 6.92 Å². The second-order valence-corrected chi connectivity index (χ2v) is 3.85. The molecule has 0 aromatic carbocycles. The number of nitrogens with zero attached hydrogens (tertiary/aromatic N) is 2. The van der Waals surface area contributed by atoms with Gasteiger partial charge in [0.05, 0.1) is 12.3 Å². The maximum Gasteiger partial charge on any atom is 0.327 e. The minimum Gasteiger partial charge on any atom is -0.465 e. The van der Waals surface area contributed by atoms with Gasteiger partial charge in [-0.2, -0.15) is 5.10 Å². The van der Waals surface area contributed by atoms with Gasteiger partial charge in [0.15, 0.2) is 0 Å². The quantitative estimate of drug-likeness (QED) is 0.713. The number of aryl methyl sites for hydroxylation is 1. The Labute approximate surface area is 90.2 Å². The number of esters is 1. The maximum atomic E-state index is 11.2. The molecule has 0 bridgehead atoms. The number of hydrogen-bond acceptors (Lipinski definition) is 3. The number of carbonyl (C=O) groups is 1. The molecule has 0 saturated carbocycles. The third-order valence-electron chi connectivity index (χ3n) is 2.13. The summed E-state index contributed by atoms with van der Waals surface area (Å²) < 4.78 is 6.50. The zero-order valence-corrected chi connectivity index (χ0v) is 9.78. The van der Waals surface area contributed by atoms with Crippen LogP contribution in [0.1, 0.15) is 37.9 Å². The molecule has 0 fully saturated rings. The van der Waals surface area contributed by atoms with Crippen molar-refractivity contribution in [2.45, 2.75) is 40.2 Å². The van der Waals surface area contributed by atoms with Crippen LogP contribution in [-0.2, 0) is 16.1 Å². The molecular weight excluding hydrogens is 192 g/mol. The molecule has 0 aliphatic rings. The van der Waals surface area contributed by atoms with Crippen molar-refractivity contribution in [1.82, 2.24) is 9.78 Å². The third-order valence-corrected chi connectivity index (χ3v) is 2.13. The number of hydrogen-bond donors (Lipinski definition) is 0. The van der Waals surface area contributed by atoms with E-state index in [1.807, 2.05) is 13.1 Å². The Bertz CT molecular complexity index is 342. The number of rotatable bonds is 4. The van der Waals surface area contributed by atoms with Crippen LogP contribution in [0.25, 0.3) is 0 Å². The SMILES string of the molecule is CCOC(=O)Cn1cc(C)c(C(C)C)n1. The molecule has 0 aliphatic heterocycles. The average Bonchev–Trinajstić information content (AvgIpc) is 2.47. The summed E-state index contributed by atoms with van der Waals surface area (Å²) in [6.07, 6.45) is 1.88. The first-order valence-electron chi connectivity index (χ1n) is 5.24.